The van der Waals surface area contributed by atoms with Gasteiger partial charge in [0.2, 0.25) is 10.0 Å². The third kappa shape index (κ3) is 2.54. The van der Waals surface area contributed by atoms with Crippen molar-refractivity contribution in [2.75, 3.05) is 7.11 Å². The van der Waals surface area contributed by atoms with Crippen molar-refractivity contribution in [1.82, 2.24) is 4.31 Å². The number of sulfonamides is 1. The van der Waals surface area contributed by atoms with E-state index in [0.717, 1.165) is 37.7 Å². The molecule has 1 saturated carbocycles. The van der Waals surface area contributed by atoms with E-state index in [0.29, 0.717) is 4.90 Å². The first kappa shape index (κ1) is 15.5. The SMILES string of the molecule is COC(=O)C[C@H]1c2ccccc2S(=O)(=O)N1C1CCCCC1. The second-order valence-electron chi connectivity index (χ2n) is 5.96. The molecule has 120 valence electrons. The first-order valence-electron chi connectivity index (χ1n) is 7.75. The number of carbonyl (C=O) groups excluding carboxylic acids is 1. The predicted molar refractivity (Wildman–Crippen MR) is 81.7 cm³/mol. The van der Waals surface area contributed by atoms with Crippen LogP contribution in [0.25, 0.3) is 0 Å². The first-order valence-corrected chi connectivity index (χ1v) is 9.19. The fraction of sp³-hybridized carbons (Fsp3) is 0.562. The topological polar surface area (TPSA) is 63.7 Å². The molecule has 0 aromatic heterocycles. The van der Waals surface area contributed by atoms with Crippen molar-refractivity contribution in [3.8, 4) is 0 Å². The highest BCUT2D eigenvalue weighted by Crippen LogP contribution is 2.45. The van der Waals surface area contributed by atoms with Crippen LogP contribution in [0.2, 0.25) is 0 Å². The van der Waals surface area contributed by atoms with E-state index in [1.165, 1.54) is 7.11 Å². The highest BCUT2D eigenvalue weighted by atomic mass is 32.2. The molecule has 1 aromatic carbocycles. The molecule has 0 amide bonds. The Kier molecular flexibility index (Phi) is 4.23. The van der Waals surface area contributed by atoms with Crippen LogP contribution >= 0.6 is 0 Å². The minimum absolute atomic E-state index is 0.0131. The van der Waals surface area contributed by atoms with E-state index in [2.05, 4.69) is 0 Å². The molecule has 2 aliphatic rings. The Morgan fingerprint density at radius 1 is 1.23 bits per heavy atom. The zero-order valence-corrected chi connectivity index (χ0v) is 13.5. The van der Waals surface area contributed by atoms with Gasteiger partial charge in [-0.15, -0.1) is 0 Å². The zero-order chi connectivity index (χ0) is 15.7. The fourth-order valence-corrected chi connectivity index (χ4v) is 5.74. The van der Waals surface area contributed by atoms with Crippen molar-refractivity contribution < 1.29 is 17.9 Å². The number of hydrogen-bond donors (Lipinski definition) is 0. The molecule has 1 heterocycles. The quantitative estimate of drug-likeness (QED) is 0.802. The smallest absolute Gasteiger partial charge is 0.307 e. The summed E-state index contributed by atoms with van der Waals surface area (Å²) in [6, 6.07) is 6.55. The minimum Gasteiger partial charge on any atom is -0.469 e. The van der Waals surface area contributed by atoms with Gasteiger partial charge in [0.15, 0.2) is 0 Å². The molecule has 3 rings (SSSR count). The summed E-state index contributed by atoms with van der Waals surface area (Å²) in [5.74, 6) is -0.377. The van der Waals surface area contributed by atoms with Crippen molar-refractivity contribution >= 4 is 16.0 Å². The van der Waals surface area contributed by atoms with Crippen molar-refractivity contribution in [2.24, 2.45) is 0 Å². The zero-order valence-electron chi connectivity index (χ0n) is 12.7. The van der Waals surface area contributed by atoms with Crippen LogP contribution in [0.15, 0.2) is 29.2 Å². The van der Waals surface area contributed by atoms with Crippen LogP contribution in [0.4, 0.5) is 0 Å². The van der Waals surface area contributed by atoms with Gasteiger partial charge in [0, 0.05) is 6.04 Å². The Labute approximate surface area is 131 Å². The Morgan fingerprint density at radius 2 is 1.91 bits per heavy atom. The average molecular weight is 323 g/mol. The standard InChI is InChI=1S/C16H21NO4S/c1-21-16(18)11-14-13-9-5-6-10-15(13)22(19,20)17(14)12-7-3-2-4-8-12/h5-6,9-10,12,14H,2-4,7-8,11H2,1H3/t14-/m0/s1. The molecule has 5 nitrogen and oxygen atoms in total. The summed E-state index contributed by atoms with van der Waals surface area (Å²) in [6.45, 7) is 0. The Balaban J connectivity index is 2.03. The molecule has 1 aliphatic heterocycles. The fourth-order valence-electron chi connectivity index (χ4n) is 3.64. The van der Waals surface area contributed by atoms with Gasteiger partial charge in [-0.25, -0.2) is 8.42 Å². The van der Waals surface area contributed by atoms with Crippen LogP contribution < -0.4 is 0 Å². The van der Waals surface area contributed by atoms with Gasteiger partial charge in [0.1, 0.15) is 0 Å². The van der Waals surface area contributed by atoms with Crippen molar-refractivity contribution in [1.29, 1.82) is 0 Å². The summed E-state index contributed by atoms with van der Waals surface area (Å²) in [5, 5.41) is 0. The molecule has 0 spiro atoms. The monoisotopic (exact) mass is 323 g/mol. The summed E-state index contributed by atoms with van der Waals surface area (Å²) >= 11 is 0. The summed E-state index contributed by atoms with van der Waals surface area (Å²) in [5.41, 5.74) is 0.721. The van der Waals surface area contributed by atoms with Gasteiger partial charge in [0.25, 0.3) is 0 Å². The summed E-state index contributed by atoms with van der Waals surface area (Å²) < 4.78 is 32.2. The molecule has 0 N–H and O–H groups in total. The molecular weight excluding hydrogens is 302 g/mol. The number of ether oxygens (including phenoxy) is 1. The highest BCUT2D eigenvalue weighted by Gasteiger charge is 2.46. The third-order valence-corrected chi connectivity index (χ3v) is 6.70. The lowest BCUT2D eigenvalue weighted by Crippen LogP contribution is -2.40. The van der Waals surface area contributed by atoms with E-state index >= 15 is 0 Å². The summed E-state index contributed by atoms with van der Waals surface area (Å²) in [6.07, 6.45) is 5.04. The second kappa shape index (κ2) is 6.01. The van der Waals surface area contributed by atoms with Crippen LogP contribution in [0, 0.1) is 0 Å². The molecular formula is C16H21NO4S. The predicted octanol–water partition coefficient (Wildman–Crippen LogP) is 2.63. The van der Waals surface area contributed by atoms with E-state index < -0.39 is 16.1 Å². The van der Waals surface area contributed by atoms with Gasteiger partial charge in [-0.1, -0.05) is 37.5 Å². The van der Waals surface area contributed by atoms with Gasteiger partial charge in [-0.3, -0.25) is 4.79 Å². The molecule has 22 heavy (non-hydrogen) atoms. The van der Waals surface area contributed by atoms with Gasteiger partial charge < -0.3 is 4.74 Å². The van der Waals surface area contributed by atoms with E-state index in [1.807, 2.05) is 12.1 Å². The number of nitrogens with zero attached hydrogens (tertiary/aromatic N) is 1. The van der Waals surface area contributed by atoms with Crippen LogP contribution in [0.1, 0.15) is 50.1 Å². The number of rotatable bonds is 3. The van der Waals surface area contributed by atoms with Crippen LogP contribution in [-0.4, -0.2) is 31.8 Å². The number of esters is 1. The lowest BCUT2D eigenvalue weighted by atomic mass is 9.93. The first-order chi connectivity index (χ1) is 10.6. The largest absolute Gasteiger partial charge is 0.469 e. The number of methoxy groups -OCH3 is 1. The molecule has 0 bridgehead atoms. The Bertz CT molecular complexity index is 664. The van der Waals surface area contributed by atoms with Crippen molar-refractivity contribution in [3.05, 3.63) is 29.8 Å². The van der Waals surface area contributed by atoms with E-state index in [4.69, 9.17) is 4.74 Å². The molecule has 0 saturated heterocycles. The maximum absolute atomic E-state index is 12.9. The maximum atomic E-state index is 12.9. The molecule has 0 unspecified atom stereocenters. The Morgan fingerprint density at radius 3 is 2.59 bits per heavy atom. The lowest BCUT2D eigenvalue weighted by Gasteiger charge is -2.33. The van der Waals surface area contributed by atoms with Gasteiger partial charge in [0.05, 0.1) is 24.5 Å². The summed E-state index contributed by atoms with van der Waals surface area (Å²) in [7, 11) is -2.19. The minimum atomic E-state index is -3.52. The molecule has 1 aliphatic carbocycles. The molecule has 6 heteroatoms. The normalized spacial score (nSPS) is 24.9. The lowest BCUT2D eigenvalue weighted by molar-refractivity contribution is -0.141. The van der Waals surface area contributed by atoms with Gasteiger partial charge in [-0.2, -0.15) is 4.31 Å². The number of fused-ring (bicyclic) bond motifs is 1. The molecule has 1 aromatic rings. The van der Waals surface area contributed by atoms with Crippen LogP contribution in [0.3, 0.4) is 0 Å². The third-order valence-electron chi connectivity index (χ3n) is 4.66. The molecule has 0 radical (unpaired) electrons. The second-order valence-corrected chi connectivity index (χ2v) is 7.77. The number of benzene rings is 1. The average Bonchev–Trinajstić information content (AvgIpc) is 2.76. The van der Waals surface area contributed by atoms with Crippen molar-refractivity contribution in [2.45, 2.75) is 55.5 Å². The number of carbonyl (C=O) groups is 1. The van der Waals surface area contributed by atoms with Crippen molar-refractivity contribution in [3.63, 3.8) is 0 Å². The van der Waals surface area contributed by atoms with Gasteiger partial charge in [-0.05, 0) is 24.5 Å². The van der Waals surface area contributed by atoms with Gasteiger partial charge >= 0.3 is 5.97 Å². The van der Waals surface area contributed by atoms with Crippen LogP contribution in [0.5, 0.6) is 0 Å². The van der Waals surface area contributed by atoms with Crippen LogP contribution in [-0.2, 0) is 19.6 Å². The maximum Gasteiger partial charge on any atom is 0.307 e. The molecule has 1 fully saturated rings. The van der Waals surface area contributed by atoms with E-state index in [9.17, 15) is 13.2 Å². The summed E-state index contributed by atoms with van der Waals surface area (Å²) in [4.78, 5) is 12.1. The highest BCUT2D eigenvalue weighted by molar-refractivity contribution is 7.89. The van der Waals surface area contributed by atoms with E-state index in [1.54, 1.807) is 16.4 Å². The number of hydrogen-bond acceptors (Lipinski definition) is 4. The molecule has 1 atom stereocenters. The Hall–Kier alpha value is -1.40. The van der Waals surface area contributed by atoms with E-state index in [-0.39, 0.29) is 18.4 Å².